The standard InChI is InChI=1S/C18H35N5O2.HI/c1-8-19-17(21-12-14(24-7)18(4,5)6)20-11-9-10-15-22-16(13(2)3)23-25-15;/h13-14H,8-12H2,1-7H3,(H2,19,20,21);1H. The van der Waals surface area contributed by atoms with Crippen molar-refractivity contribution in [2.75, 3.05) is 26.7 Å². The molecule has 1 rings (SSSR count). The van der Waals surface area contributed by atoms with Crippen LogP contribution in [0.2, 0.25) is 0 Å². The van der Waals surface area contributed by atoms with Crippen molar-refractivity contribution in [2.24, 2.45) is 10.4 Å². The number of halogens is 1. The third kappa shape index (κ3) is 9.16. The van der Waals surface area contributed by atoms with E-state index >= 15 is 0 Å². The molecule has 26 heavy (non-hydrogen) atoms. The second kappa shape index (κ2) is 12.5. The van der Waals surface area contributed by atoms with Gasteiger partial charge >= 0.3 is 0 Å². The Bertz CT molecular complexity index is 526. The van der Waals surface area contributed by atoms with Gasteiger partial charge in [0.05, 0.1) is 12.6 Å². The van der Waals surface area contributed by atoms with E-state index in [1.807, 2.05) is 0 Å². The monoisotopic (exact) mass is 481 g/mol. The summed E-state index contributed by atoms with van der Waals surface area (Å²) in [5, 5.41) is 10.6. The maximum Gasteiger partial charge on any atom is 0.226 e. The molecule has 1 aromatic heterocycles. The molecule has 0 saturated heterocycles. The number of hydrogen-bond acceptors (Lipinski definition) is 5. The maximum absolute atomic E-state index is 5.56. The minimum absolute atomic E-state index is 0. The zero-order valence-electron chi connectivity index (χ0n) is 17.3. The molecule has 0 radical (unpaired) electrons. The highest BCUT2D eigenvalue weighted by Gasteiger charge is 2.24. The Morgan fingerprint density at radius 3 is 2.46 bits per heavy atom. The number of nitrogens with one attached hydrogen (secondary N) is 2. The first kappa shape index (κ1) is 25.1. The SMILES string of the molecule is CCNC(=NCC(OC)C(C)(C)C)NCCCc1nc(C(C)C)no1.I. The van der Waals surface area contributed by atoms with E-state index in [0.717, 1.165) is 37.7 Å². The van der Waals surface area contributed by atoms with Crippen molar-refractivity contribution in [2.45, 2.75) is 66.4 Å². The maximum atomic E-state index is 5.56. The molecule has 7 nitrogen and oxygen atoms in total. The summed E-state index contributed by atoms with van der Waals surface area (Å²) in [4.78, 5) is 9.03. The summed E-state index contributed by atoms with van der Waals surface area (Å²) >= 11 is 0. The number of hydrogen-bond donors (Lipinski definition) is 2. The molecule has 0 amide bonds. The predicted molar refractivity (Wildman–Crippen MR) is 116 cm³/mol. The average Bonchev–Trinajstić information content (AvgIpc) is 2.99. The number of nitrogens with zero attached hydrogens (tertiary/aromatic N) is 3. The molecule has 1 heterocycles. The highest BCUT2D eigenvalue weighted by atomic mass is 127. The molecular formula is C18H36IN5O2. The number of rotatable bonds is 9. The van der Waals surface area contributed by atoms with Gasteiger partial charge in [0.2, 0.25) is 5.89 Å². The van der Waals surface area contributed by atoms with Gasteiger partial charge in [-0.05, 0) is 18.8 Å². The lowest BCUT2D eigenvalue weighted by Gasteiger charge is -2.28. The van der Waals surface area contributed by atoms with Crippen molar-refractivity contribution >= 4 is 29.9 Å². The van der Waals surface area contributed by atoms with Gasteiger partial charge in [-0.1, -0.05) is 39.8 Å². The van der Waals surface area contributed by atoms with E-state index in [2.05, 4.69) is 67.3 Å². The quantitative estimate of drug-likeness (QED) is 0.244. The molecule has 1 unspecified atom stereocenters. The van der Waals surface area contributed by atoms with Gasteiger partial charge in [0.1, 0.15) is 0 Å². The Morgan fingerprint density at radius 2 is 1.96 bits per heavy atom. The Balaban J connectivity index is 0.00000625. The lowest BCUT2D eigenvalue weighted by atomic mass is 9.89. The van der Waals surface area contributed by atoms with Crippen molar-refractivity contribution in [1.29, 1.82) is 0 Å². The number of ether oxygens (including phenoxy) is 1. The first-order valence-electron chi connectivity index (χ1n) is 9.15. The van der Waals surface area contributed by atoms with Gasteiger partial charge in [-0.3, -0.25) is 4.99 Å². The fraction of sp³-hybridized carbons (Fsp3) is 0.833. The molecule has 0 bridgehead atoms. The molecule has 0 fully saturated rings. The topological polar surface area (TPSA) is 84.6 Å². The predicted octanol–water partition coefficient (Wildman–Crippen LogP) is 3.36. The number of aromatic nitrogens is 2. The third-order valence-corrected chi connectivity index (χ3v) is 3.87. The lowest BCUT2D eigenvalue weighted by Crippen LogP contribution is -2.39. The van der Waals surface area contributed by atoms with Gasteiger partial charge in [0, 0.05) is 32.5 Å². The van der Waals surface area contributed by atoms with Crippen molar-refractivity contribution in [3.05, 3.63) is 11.7 Å². The molecule has 1 atom stereocenters. The summed E-state index contributed by atoms with van der Waals surface area (Å²) < 4.78 is 10.8. The molecule has 152 valence electrons. The highest BCUT2D eigenvalue weighted by molar-refractivity contribution is 14.0. The van der Waals surface area contributed by atoms with E-state index in [1.54, 1.807) is 7.11 Å². The van der Waals surface area contributed by atoms with E-state index in [4.69, 9.17) is 9.26 Å². The zero-order valence-corrected chi connectivity index (χ0v) is 19.6. The van der Waals surface area contributed by atoms with E-state index in [-0.39, 0.29) is 35.5 Å². The average molecular weight is 481 g/mol. The van der Waals surface area contributed by atoms with Crippen molar-refractivity contribution in [1.82, 2.24) is 20.8 Å². The molecule has 0 saturated carbocycles. The largest absolute Gasteiger partial charge is 0.379 e. The Hall–Kier alpha value is -0.900. The van der Waals surface area contributed by atoms with Crippen LogP contribution < -0.4 is 10.6 Å². The van der Waals surface area contributed by atoms with Crippen LogP contribution in [0.3, 0.4) is 0 Å². The van der Waals surface area contributed by atoms with Crippen LogP contribution in [0.5, 0.6) is 0 Å². The van der Waals surface area contributed by atoms with Crippen LogP contribution in [-0.4, -0.2) is 48.9 Å². The van der Waals surface area contributed by atoms with Crippen molar-refractivity contribution < 1.29 is 9.26 Å². The molecule has 1 aromatic rings. The van der Waals surface area contributed by atoms with Gasteiger partial charge in [-0.25, -0.2) is 0 Å². The number of guanidine groups is 1. The number of methoxy groups -OCH3 is 1. The van der Waals surface area contributed by atoms with Gasteiger partial charge in [-0.15, -0.1) is 24.0 Å². The summed E-state index contributed by atoms with van der Waals surface area (Å²) in [6, 6.07) is 0. The first-order valence-corrected chi connectivity index (χ1v) is 9.15. The highest BCUT2D eigenvalue weighted by Crippen LogP contribution is 2.21. The second-order valence-electron chi connectivity index (χ2n) is 7.54. The smallest absolute Gasteiger partial charge is 0.226 e. The summed E-state index contributed by atoms with van der Waals surface area (Å²) in [6.07, 6.45) is 1.74. The fourth-order valence-corrected chi connectivity index (χ4v) is 2.27. The third-order valence-electron chi connectivity index (χ3n) is 3.87. The van der Waals surface area contributed by atoms with Crippen LogP contribution in [0.25, 0.3) is 0 Å². The fourth-order valence-electron chi connectivity index (χ4n) is 2.27. The van der Waals surface area contributed by atoms with Crippen LogP contribution in [0.4, 0.5) is 0 Å². The van der Waals surface area contributed by atoms with E-state index in [1.165, 1.54) is 0 Å². The Kier molecular flexibility index (Phi) is 12.0. The van der Waals surface area contributed by atoms with Gasteiger partial charge in [-0.2, -0.15) is 4.98 Å². The van der Waals surface area contributed by atoms with Crippen LogP contribution in [0.1, 0.15) is 65.6 Å². The normalized spacial score (nSPS) is 13.5. The van der Waals surface area contributed by atoms with Gasteiger partial charge < -0.3 is 19.9 Å². The lowest BCUT2D eigenvalue weighted by molar-refractivity contribution is 0.0241. The molecule has 0 aromatic carbocycles. The molecule has 0 spiro atoms. The molecule has 0 aliphatic carbocycles. The second-order valence-corrected chi connectivity index (χ2v) is 7.54. The Labute approximate surface area is 175 Å². The molecule has 2 N–H and O–H groups in total. The zero-order chi connectivity index (χ0) is 18.9. The number of aliphatic imine (C=N–C) groups is 1. The summed E-state index contributed by atoms with van der Waals surface area (Å²) in [5.74, 6) is 2.56. The molecule has 8 heteroatoms. The Morgan fingerprint density at radius 1 is 1.27 bits per heavy atom. The van der Waals surface area contributed by atoms with Crippen LogP contribution in [0.15, 0.2) is 9.52 Å². The van der Waals surface area contributed by atoms with Crippen LogP contribution >= 0.6 is 24.0 Å². The van der Waals surface area contributed by atoms with E-state index < -0.39 is 0 Å². The van der Waals surface area contributed by atoms with Crippen LogP contribution in [0, 0.1) is 5.41 Å². The summed E-state index contributed by atoms with van der Waals surface area (Å²) in [5.41, 5.74) is 0.0572. The first-order chi connectivity index (χ1) is 11.8. The van der Waals surface area contributed by atoms with Crippen molar-refractivity contribution in [3.8, 4) is 0 Å². The minimum Gasteiger partial charge on any atom is -0.379 e. The van der Waals surface area contributed by atoms with Crippen molar-refractivity contribution in [3.63, 3.8) is 0 Å². The summed E-state index contributed by atoms with van der Waals surface area (Å²) in [6.45, 7) is 14.9. The molecular weight excluding hydrogens is 445 g/mol. The molecule has 0 aliphatic rings. The minimum atomic E-state index is 0. The molecule has 0 aliphatic heterocycles. The van der Waals surface area contributed by atoms with E-state index in [9.17, 15) is 0 Å². The van der Waals surface area contributed by atoms with E-state index in [0.29, 0.717) is 18.4 Å². The van der Waals surface area contributed by atoms with Gasteiger partial charge in [0.15, 0.2) is 11.8 Å². The summed E-state index contributed by atoms with van der Waals surface area (Å²) in [7, 11) is 1.74. The van der Waals surface area contributed by atoms with Crippen LogP contribution in [-0.2, 0) is 11.2 Å². The van der Waals surface area contributed by atoms with Gasteiger partial charge in [0.25, 0.3) is 0 Å². The number of aryl methyl sites for hydroxylation is 1.